The fraction of sp³-hybridized carbons (Fsp3) is 0.250. The van der Waals surface area contributed by atoms with Crippen molar-refractivity contribution in [3.8, 4) is 5.75 Å². The first-order valence-corrected chi connectivity index (χ1v) is 8.08. The second-order valence-electron chi connectivity index (χ2n) is 4.67. The molecule has 21 heavy (non-hydrogen) atoms. The van der Waals surface area contributed by atoms with E-state index in [1.165, 1.54) is 6.07 Å². The third kappa shape index (κ3) is 4.05. The minimum atomic E-state index is -0.205. The van der Waals surface area contributed by atoms with Crippen LogP contribution >= 0.6 is 31.9 Å². The predicted octanol–water partition coefficient (Wildman–Crippen LogP) is 4.86. The maximum absolute atomic E-state index is 14.0. The molecule has 0 aliphatic rings. The van der Waals surface area contributed by atoms with Gasteiger partial charge in [0.1, 0.15) is 11.6 Å². The van der Waals surface area contributed by atoms with Crippen molar-refractivity contribution in [2.24, 2.45) is 0 Å². The van der Waals surface area contributed by atoms with Gasteiger partial charge in [0.05, 0.1) is 7.11 Å². The van der Waals surface area contributed by atoms with Crippen LogP contribution in [0, 0.1) is 5.82 Å². The molecule has 2 aromatic carbocycles. The number of hydrogen-bond acceptors (Lipinski definition) is 2. The molecular weight excluding hydrogens is 401 g/mol. The van der Waals surface area contributed by atoms with Crippen molar-refractivity contribution < 1.29 is 9.13 Å². The van der Waals surface area contributed by atoms with Gasteiger partial charge < -0.3 is 10.1 Å². The molecule has 0 aliphatic heterocycles. The van der Waals surface area contributed by atoms with E-state index in [0.717, 1.165) is 20.3 Å². The normalized spacial score (nSPS) is 12.2. The Balaban J connectivity index is 2.31. The Morgan fingerprint density at radius 3 is 2.57 bits per heavy atom. The number of halogens is 3. The minimum Gasteiger partial charge on any atom is -0.497 e. The van der Waals surface area contributed by atoms with E-state index in [1.54, 1.807) is 13.2 Å². The molecule has 0 radical (unpaired) electrons. The fourth-order valence-corrected chi connectivity index (χ4v) is 3.05. The highest BCUT2D eigenvalue weighted by molar-refractivity contribution is 9.10. The summed E-state index contributed by atoms with van der Waals surface area (Å²) in [5.41, 5.74) is 1.71. The fourth-order valence-electron chi connectivity index (χ4n) is 2.19. The molecule has 0 saturated heterocycles. The van der Waals surface area contributed by atoms with Gasteiger partial charge in [-0.05, 0) is 54.9 Å². The van der Waals surface area contributed by atoms with Crippen LogP contribution in [-0.4, -0.2) is 14.2 Å². The third-order valence-corrected chi connectivity index (χ3v) is 4.58. The van der Waals surface area contributed by atoms with E-state index in [1.807, 2.05) is 31.3 Å². The summed E-state index contributed by atoms with van der Waals surface area (Å²) >= 11 is 6.82. The molecule has 1 unspecified atom stereocenters. The number of benzene rings is 2. The monoisotopic (exact) mass is 415 g/mol. The van der Waals surface area contributed by atoms with E-state index >= 15 is 0 Å². The third-order valence-electron chi connectivity index (χ3n) is 3.37. The van der Waals surface area contributed by atoms with E-state index in [-0.39, 0.29) is 11.9 Å². The minimum absolute atomic E-state index is 0.00912. The highest BCUT2D eigenvalue weighted by atomic mass is 79.9. The Morgan fingerprint density at radius 1 is 1.19 bits per heavy atom. The molecule has 0 aromatic heterocycles. The van der Waals surface area contributed by atoms with Crippen LogP contribution in [0.5, 0.6) is 5.75 Å². The number of ether oxygens (including phenoxy) is 1. The summed E-state index contributed by atoms with van der Waals surface area (Å²) < 4.78 is 21.0. The van der Waals surface area contributed by atoms with Crippen molar-refractivity contribution in [1.82, 2.24) is 5.32 Å². The van der Waals surface area contributed by atoms with Gasteiger partial charge in [-0.1, -0.05) is 37.9 Å². The molecule has 0 heterocycles. The van der Waals surface area contributed by atoms with Gasteiger partial charge in [0.2, 0.25) is 0 Å². The molecule has 0 aliphatic carbocycles. The van der Waals surface area contributed by atoms with E-state index in [0.29, 0.717) is 12.0 Å². The maximum Gasteiger partial charge on any atom is 0.127 e. The predicted molar refractivity (Wildman–Crippen MR) is 90.3 cm³/mol. The first-order valence-electron chi connectivity index (χ1n) is 6.49. The molecule has 2 aromatic rings. The van der Waals surface area contributed by atoms with E-state index in [2.05, 4.69) is 37.2 Å². The SMILES string of the molecule is CNC(Cc1ccc(Br)cc1F)c1cc(OC)ccc1Br. The quantitative estimate of drug-likeness (QED) is 0.751. The standard InChI is InChI=1S/C16H16Br2FNO/c1-20-16(7-10-3-4-11(17)8-15(10)19)13-9-12(21-2)5-6-14(13)18/h3-6,8-9,16,20H,7H2,1-2H3. The summed E-state index contributed by atoms with van der Waals surface area (Å²) in [5.74, 6) is 0.577. The van der Waals surface area contributed by atoms with Gasteiger partial charge >= 0.3 is 0 Å². The van der Waals surface area contributed by atoms with Crippen LogP contribution in [0.15, 0.2) is 45.3 Å². The number of rotatable bonds is 5. The zero-order valence-electron chi connectivity index (χ0n) is 11.8. The molecule has 112 valence electrons. The lowest BCUT2D eigenvalue weighted by atomic mass is 9.98. The van der Waals surface area contributed by atoms with Crippen LogP contribution in [-0.2, 0) is 6.42 Å². The summed E-state index contributed by atoms with van der Waals surface area (Å²) in [6.45, 7) is 0. The molecular formula is C16H16Br2FNO. The Morgan fingerprint density at radius 2 is 1.95 bits per heavy atom. The maximum atomic E-state index is 14.0. The highest BCUT2D eigenvalue weighted by Crippen LogP contribution is 2.30. The Labute approximate surface area is 141 Å². The molecule has 0 spiro atoms. The molecule has 2 nitrogen and oxygen atoms in total. The van der Waals surface area contributed by atoms with Crippen LogP contribution in [0.2, 0.25) is 0 Å². The lowest BCUT2D eigenvalue weighted by molar-refractivity contribution is 0.413. The molecule has 1 N–H and O–H groups in total. The zero-order valence-corrected chi connectivity index (χ0v) is 15.0. The van der Waals surface area contributed by atoms with Crippen molar-refractivity contribution in [2.45, 2.75) is 12.5 Å². The van der Waals surface area contributed by atoms with Crippen molar-refractivity contribution >= 4 is 31.9 Å². The van der Waals surface area contributed by atoms with Crippen molar-refractivity contribution in [3.63, 3.8) is 0 Å². The van der Waals surface area contributed by atoms with Gasteiger partial charge in [-0.15, -0.1) is 0 Å². The molecule has 0 fully saturated rings. The number of methoxy groups -OCH3 is 1. The van der Waals surface area contributed by atoms with Crippen LogP contribution in [0.3, 0.4) is 0 Å². The zero-order chi connectivity index (χ0) is 15.4. The first-order chi connectivity index (χ1) is 10.0. The van der Waals surface area contributed by atoms with E-state index in [4.69, 9.17) is 4.74 Å². The number of likely N-dealkylation sites (N-methyl/N-ethyl adjacent to an activating group) is 1. The van der Waals surface area contributed by atoms with Crippen molar-refractivity contribution in [1.29, 1.82) is 0 Å². The Hall–Kier alpha value is -0.910. The summed E-state index contributed by atoms with van der Waals surface area (Å²) in [6.07, 6.45) is 0.557. The van der Waals surface area contributed by atoms with Crippen molar-refractivity contribution in [2.75, 3.05) is 14.2 Å². The Kier molecular flexibility index (Phi) is 5.79. The molecule has 2 rings (SSSR count). The molecule has 1 atom stereocenters. The average Bonchev–Trinajstić information content (AvgIpc) is 2.47. The van der Waals surface area contributed by atoms with Crippen LogP contribution < -0.4 is 10.1 Å². The smallest absolute Gasteiger partial charge is 0.127 e. The molecule has 5 heteroatoms. The van der Waals surface area contributed by atoms with Crippen LogP contribution in [0.25, 0.3) is 0 Å². The lowest BCUT2D eigenvalue weighted by Crippen LogP contribution is -2.20. The van der Waals surface area contributed by atoms with E-state index in [9.17, 15) is 4.39 Å². The largest absolute Gasteiger partial charge is 0.497 e. The van der Waals surface area contributed by atoms with Gasteiger partial charge in [0.15, 0.2) is 0 Å². The number of nitrogens with one attached hydrogen (secondary N) is 1. The molecule has 0 saturated carbocycles. The van der Waals surface area contributed by atoms with Gasteiger partial charge in [0, 0.05) is 15.0 Å². The van der Waals surface area contributed by atoms with Crippen LogP contribution in [0.1, 0.15) is 17.2 Å². The summed E-state index contributed by atoms with van der Waals surface area (Å²) in [4.78, 5) is 0. The van der Waals surface area contributed by atoms with Gasteiger partial charge in [-0.3, -0.25) is 0 Å². The van der Waals surface area contributed by atoms with Gasteiger partial charge in [-0.2, -0.15) is 0 Å². The van der Waals surface area contributed by atoms with E-state index < -0.39 is 0 Å². The summed E-state index contributed by atoms with van der Waals surface area (Å²) in [5, 5.41) is 3.24. The topological polar surface area (TPSA) is 21.3 Å². The summed E-state index contributed by atoms with van der Waals surface area (Å²) in [6, 6.07) is 10.9. The van der Waals surface area contributed by atoms with Gasteiger partial charge in [0.25, 0.3) is 0 Å². The molecule has 0 bridgehead atoms. The Bertz CT molecular complexity index is 634. The second-order valence-corrected chi connectivity index (χ2v) is 6.44. The first kappa shape index (κ1) is 16.5. The lowest BCUT2D eigenvalue weighted by Gasteiger charge is -2.19. The second kappa shape index (κ2) is 7.38. The van der Waals surface area contributed by atoms with Gasteiger partial charge in [-0.25, -0.2) is 4.39 Å². The average molecular weight is 417 g/mol. The number of hydrogen-bond donors (Lipinski definition) is 1. The van der Waals surface area contributed by atoms with Crippen LogP contribution in [0.4, 0.5) is 4.39 Å². The summed E-state index contributed by atoms with van der Waals surface area (Å²) in [7, 11) is 3.50. The highest BCUT2D eigenvalue weighted by Gasteiger charge is 2.16. The van der Waals surface area contributed by atoms with Crippen molar-refractivity contribution in [3.05, 3.63) is 62.3 Å². The molecule has 0 amide bonds.